The number of hydrogen-bond donors (Lipinski definition) is 5. The molecule has 31 heavy (non-hydrogen) atoms. The van der Waals surface area contributed by atoms with Gasteiger partial charge in [0.05, 0.1) is 24.9 Å². The number of hydrogen-bond acceptors (Lipinski definition) is 8. The van der Waals surface area contributed by atoms with Crippen LogP contribution in [0, 0.1) is 29.1 Å². The molecule has 8 atom stereocenters. The minimum atomic E-state index is -1.86. The van der Waals surface area contributed by atoms with E-state index in [0.717, 1.165) is 0 Å². The molecule has 0 aromatic heterocycles. The Bertz CT molecular complexity index is 853. The highest BCUT2D eigenvalue weighted by Crippen LogP contribution is 2.76. The third kappa shape index (κ3) is 2.64. The van der Waals surface area contributed by atoms with Crippen molar-refractivity contribution in [3.8, 4) is 0 Å². The quantitative estimate of drug-likeness (QED) is 0.295. The molecule has 0 unspecified atom stereocenters. The Morgan fingerprint density at radius 2 is 1.87 bits per heavy atom. The van der Waals surface area contributed by atoms with Crippen LogP contribution in [0.3, 0.4) is 0 Å². The predicted octanol–water partition coefficient (Wildman–Crippen LogP) is -0.207. The minimum absolute atomic E-state index is 0.0616. The van der Waals surface area contributed by atoms with Crippen LogP contribution >= 0.6 is 0 Å². The third-order valence-electron chi connectivity index (χ3n) is 8.72. The van der Waals surface area contributed by atoms with Crippen molar-refractivity contribution in [2.45, 2.75) is 57.0 Å². The van der Waals surface area contributed by atoms with Gasteiger partial charge in [0.1, 0.15) is 11.2 Å². The van der Waals surface area contributed by atoms with Crippen LogP contribution in [0.5, 0.6) is 0 Å². The van der Waals surface area contributed by atoms with E-state index in [1.165, 1.54) is 5.06 Å². The monoisotopic (exact) mass is 437 g/mol. The first-order valence-electron chi connectivity index (χ1n) is 11.0. The highest BCUT2D eigenvalue weighted by Gasteiger charge is 2.86. The number of aliphatic hydroxyl groups is 5. The highest BCUT2D eigenvalue weighted by molar-refractivity contribution is 6.04. The summed E-state index contributed by atoms with van der Waals surface area (Å²) < 4.78 is 0. The zero-order valence-electron chi connectivity index (χ0n) is 18.9. The van der Waals surface area contributed by atoms with Crippen molar-refractivity contribution in [3.63, 3.8) is 0 Å². The van der Waals surface area contributed by atoms with E-state index in [0.29, 0.717) is 11.1 Å². The number of aliphatic hydroxyl groups excluding tert-OH is 3. The summed E-state index contributed by atoms with van der Waals surface area (Å²) in [6, 6.07) is 0. The molecule has 0 amide bonds. The minimum Gasteiger partial charge on any atom is -0.395 e. The van der Waals surface area contributed by atoms with E-state index >= 15 is 0 Å². The van der Waals surface area contributed by atoms with Crippen LogP contribution in [0.1, 0.15) is 34.1 Å². The van der Waals surface area contributed by atoms with Gasteiger partial charge in [0.15, 0.2) is 5.78 Å². The molecule has 4 aliphatic carbocycles. The van der Waals surface area contributed by atoms with Gasteiger partial charge in [-0.05, 0) is 18.1 Å². The second kappa shape index (κ2) is 6.93. The average molecular weight is 438 g/mol. The smallest absolute Gasteiger partial charge is 0.190 e. The number of hydroxylamine groups is 2. The van der Waals surface area contributed by atoms with Crippen molar-refractivity contribution in [1.82, 2.24) is 5.06 Å². The Hall–Kier alpha value is -1.13. The summed E-state index contributed by atoms with van der Waals surface area (Å²) in [6.07, 6.45) is 2.29. The van der Waals surface area contributed by atoms with E-state index in [1.807, 2.05) is 13.8 Å². The van der Waals surface area contributed by atoms with Crippen LogP contribution in [-0.2, 0) is 9.63 Å². The summed E-state index contributed by atoms with van der Waals surface area (Å²) in [6.45, 7) is 7.11. The van der Waals surface area contributed by atoms with Gasteiger partial charge in [-0.3, -0.25) is 9.63 Å². The van der Waals surface area contributed by atoms with Gasteiger partial charge in [0.2, 0.25) is 0 Å². The molecule has 0 aliphatic heterocycles. The molecular formula is C23H35NO7. The molecule has 0 heterocycles. The van der Waals surface area contributed by atoms with E-state index < -0.39 is 51.9 Å². The topological polar surface area (TPSA) is 131 Å². The van der Waals surface area contributed by atoms with Crippen molar-refractivity contribution >= 4 is 5.78 Å². The van der Waals surface area contributed by atoms with Gasteiger partial charge in [-0.1, -0.05) is 32.9 Å². The summed E-state index contributed by atoms with van der Waals surface area (Å²) in [5, 5.41) is 56.0. The Kier molecular flexibility index (Phi) is 5.15. The van der Waals surface area contributed by atoms with Gasteiger partial charge in [0, 0.05) is 49.1 Å². The first-order valence-corrected chi connectivity index (χ1v) is 11.0. The molecular weight excluding hydrogens is 402 g/mol. The zero-order valence-corrected chi connectivity index (χ0v) is 18.9. The molecule has 0 radical (unpaired) electrons. The van der Waals surface area contributed by atoms with Crippen LogP contribution in [0.15, 0.2) is 23.3 Å². The molecule has 4 aliphatic rings. The lowest BCUT2D eigenvalue weighted by molar-refractivity contribution is -0.282. The van der Waals surface area contributed by atoms with E-state index in [1.54, 1.807) is 33.0 Å². The fraction of sp³-hybridized carbons (Fsp3) is 0.783. The third-order valence-corrected chi connectivity index (χ3v) is 8.72. The molecule has 0 aromatic rings. The van der Waals surface area contributed by atoms with E-state index in [4.69, 9.17) is 4.84 Å². The molecule has 0 aromatic carbocycles. The summed E-state index contributed by atoms with van der Waals surface area (Å²) in [5.74, 6) is -2.98. The normalized spacial score (nSPS) is 47.8. The summed E-state index contributed by atoms with van der Waals surface area (Å²) in [4.78, 5) is 19.2. The standard InChI is InChI=1S/C23H35NO7/c1-12-8-16-21(29,18(12)27)10-14(11-26)9-15-17-20(3,4)23(17,31-24(5)6-7-25)19(28)13(2)22(15,16)30/h8-9,13,15-17,19,25-26,28-30H,6-7,10-11H2,1-5H3/t13-,15+,16-,17-,19-,21-,22-,23-/m1/s1. The van der Waals surface area contributed by atoms with Crippen molar-refractivity contribution < 1.29 is 35.2 Å². The fourth-order valence-corrected chi connectivity index (χ4v) is 7.09. The number of Topliss-reactive ketones (excluding diaryl/α,β-unsaturated/α-hetero) is 1. The van der Waals surface area contributed by atoms with Crippen molar-refractivity contribution in [3.05, 3.63) is 23.3 Å². The maximum absolute atomic E-state index is 12.9. The first kappa shape index (κ1) is 23.0. The van der Waals surface area contributed by atoms with Crippen LogP contribution in [0.4, 0.5) is 0 Å². The molecule has 8 nitrogen and oxygen atoms in total. The van der Waals surface area contributed by atoms with Gasteiger partial charge in [-0.25, -0.2) is 0 Å². The lowest BCUT2D eigenvalue weighted by atomic mass is 9.59. The largest absolute Gasteiger partial charge is 0.395 e. The van der Waals surface area contributed by atoms with E-state index in [-0.39, 0.29) is 32.1 Å². The molecule has 8 heteroatoms. The number of carbonyl (C=O) groups is 1. The second-order valence-electron chi connectivity index (χ2n) is 10.5. The molecule has 2 saturated carbocycles. The number of fused-ring (bicyclic) bond motifs is 5. The molecule has 5 N–H and O–H groups in total. The second-order valence-corrected chi connectivity index (χ2v) is 10.5. The Morgan fingerprint density at radius 1 is 1.23 bits per heavy atom. The van der Waals surface area contributed by atoms with Crippen LogP contribution < -0.4 is 0 Å². The zero-order chi connectivity index (χ0) is 23.1. The molecule has 174 valence electrons. The van der Waals surface area contributed by atoms with Gasteiger partial charge < -0.3 is 25.5 Å². The molecule has 0 spiro atoms. The number of likely N-dealkylation sites (N-methyl/N-ethyl adjacent to an activating group) is 1. The Balaban J connectivity index is 1.87. The number of rotatable bonds is 5. The maximum Gasteiger partial charge on any atom is 0.190 e. The molecule has 2 fully saturated rings. The summed E-state index contributed by atoms with van der Waals surface area (Å²) in [5.41, 5.74) is -4.14. The van der Waals surface area contributed by atoms with Crippen molar-refractivity contribution in [2.75, 3.05) is 26.8 Å². The highest BCUT2D eigenvalue weighted by atomic mass is 16.7. The van der Waals surface area contributed by atoms with Gasteiger partial charge >= 0.3 is 0 Å². The SMILES string of the molecule is CC1=C[C@H]2[C@@]3(O)[C@H](C)[C@@H](O)[C@]4(ON(C)CCO)[C@H]([C@@H]3C=C(CO)C[C@]2(O)C1=O)C4(C)C. The summed E-state index contributed by atoms with van der Waals surface area (Å²) in [7, 11) is 1.69. The fourth-order valence-electron chi connectivity index (χ4n) is 7.09. The van der Waals surface area contributed by atoms with Crippen LogP contribution in [0.25, 0.3) is 0 Å². The summed E-state index contributed by atoms with van der Waals surface area (Å²) >= 11 is 0. The Morgan fingerprint density at radius 3 is 2.45 bits per heavy atom. The Labute approximate surface area is 182 Å². The number of ketones is 1. The van der Waals surface area contributed by atoms with Crippen molar-refractivity contribution in [1.29, 1.82) is 0 Å². The molecule has 4 rings (SSSR count). The predicted molar refractivity (Wildman–Crippen MR) is 111 cm³/mol. The lowest BCUT2D eigenvalue weighted by Crippen LogP contribution is -2.65. The van der Waals surface area contributed by atoms with Gasteiger partial charge in [-0.2, -0.15) is 5.06 Å². The van der Waals surface area contributed by atoms with Gasteiger partial charge in [0.25, 0.3) is 0 Å². The average Bonchev–Trinajstić information content (AvgIpc) is 3.13. The molecule has 0 bridgehead atoms. The van der Waals surface area contributed by atoms with Crippen molar-refractivity contribution in [2.24, 2.45) is 29.1 Å². The molecule has 0 saturated heterocycles. The maximum atomic E-state index is 12.9. The first-order chi connectivity index (χ1) is 14.3. The lowest BCUT2D eigenvalue weighted by Gasteiger charge is -2.52. The van der Waals surface area contributed by atoms with E-state index in [2.05, 4.69) is 0 Å². The van der Waals surface area contributed by atoms with Gasteiger partial charge in [-0.15, -0.1) is 0 Å². The van der Waals surface area contributed by atoms with Crippen LogP contribution in [0.2, 0.25) is 0 Å². The number of carbonyl (C=O) groups excluding carboxylic acids is 1. The van der Waals surface area contributed by atoms with Crippen LogP contribution in [-0.4, -0.2) is 86.1 Å². The number of nitrogens with zero attached hydrogens (tertiary/aromatic N) is 1. The van der Waals surface area contributed by atoms with E-state index in [9.17, 15) is 30.3 Å².